The first-order valence-corrected chi connectivity index (χ1v) is 8.13. The van der Waals surface area contributed by atoms with Gasteiger partial charge in [-0.1, -0.05) is 0 Å². The molecule has 0 aliphatic carbocycles. The molecule has 0 aliphatic heterocycles. The molecule has 0 unspecified atom stereocenters. The minimum Gasteiger partial charge on any atom is -0.428 e. The SMILES string of the molecule is COCCCOCCS(=O)(=O)c1nc2ccc(N)cc2o1. The van der Waals surface area contributed by atoms with Crippen molar-refractivity contribution in [2.75, 3.05) is 38.4 Å². The summed E-state index contributed by atoms with van der Waals surface area (Å²) in [5.41, 5.74) is 6.92. The standard InChI is InChI=1S/C13H18N2O5S/c1-18-5-2-6-19-7-8-21(16,17)13-15-11-4-3-10(14)9-12(11)20-13/h3-4,9H,2,5-8,14H2,1H3. The van der Waals surface area contributed by atoms with Gasteiger partial charge in [-0.25, -0.2) is 8.42 Å². The summed E-state index contributed by atoms with van der Waals surface area (Å²) < 4.78 is 39.5. The molecule has 0 atom stereocenters. The summed E-state index contributed by atoms with van der Waals surface area (Å²) in [6.45, 7) is 1.12. The van der Waals surface area contributed by atoms with Crippen LogP contribution in [0.15, 0.2) is 27.8 Å². The van der Waals surface area contributed by atoms with Gasteiger partial charge in [-0.2, -0.15) is 4.98 Å². The van der Waals surface area contributed by atoms with Crippen molar-refractivity contribution in [2.24, 2.45) is 0 Å². The lowest BCUT2D eigenvalue weighted by Gasteiger charge is -2.03. The first-order valence-electron chi connectivity index (χ1n) is 6.48. The normalized spacial score (nSPS) is 12.0. The Hall–Kier alpha value is -1.64. The zero-order valence-corrected chi connectivity index (χ0v) is 12.6. The number of nitrogens with zero attached hydrogens (tertiary/aromatic N) is 1. The van der Waals surface area contributed by atoms with E-state index < -0.39 is 9.84 Å². The van der Waals surface area contributed by atoms with Gasteiger partial charge >= 0.3 is 5.22 Å². The minimum atomic E-state index is -3.60. The molecule has 2 N–H and O–H groups in total. The average Bonchev–Trinajstić information content (AvgIpc) is 2.86. The topological polar surface area (TPSA) is 105 Å². The molecule has 0 bridgehead atoms. The lowest BCUT2D eigenvalue weighted by atomic mass is 10.3. The van der Waals surface area contributed by atoms with E-state index in [9.17, 15) is 8.42 Å². The molecule has 2 aromatic rings. The molecule has 0 saturated carbocycles. The number of sulfone groups is 1. The van der Waals surface area contributed by atoms with Crippen LogP contribution in [0.4, 0.5) is 5.69 Å². The molecular weight excluding hydrogens is 296 g/mol. The third-order valence-corrected chi connectivity index (χ3v) is 4.20. The van der Waals surface area contributed by atoms with Crippen molar-refractivity contribution in [1.82, 2.24) is 4.98 Å². The van der Waals surface area contributed by atoms with Crippen molar-refractivity contribution in [1.29, 1.82) is 0 Å². The van der Waals surface area contributed by atoms with Gasteiger partial charge in [-0.3, -0.25) is 0 Å². The zero-order valence-electron chi connectivity index (χ0n) is 11.7. The van der Waals surface area contributed by atoms with Gasteiger partial charge in [0.2, 0.25) is 9.84 Å². The van der Waals surface area contributed by atoms with Crippen LogP contribution in [0.2, 0.25) is 0 Å². The second kappa shape index (κ2) is 6.88. The number of oxazole rings is 1. The van der Waals surface area contributed by atoms with Crippen molar-refractivity contribution in [3.63, 3.8) is 0 Å². The first kappa shape index (κ1) is 15.7. The number of rotatable bonds is 8. The molecule has 0 aliphatic rings. The largest absolute Gasteiger partial charge is 0.428 e. The van der Waals surface area contributed by atoms with Crippen LogP contribution in [0, 0.1) is 0 Å². The number of ether oxygens (including phenoxy) is 2. The lowest BCUT2D eigenvalue weighted by Crippen LogP contribution is -2.13. The Balaban J connectivity index is 1.97. The van der Waals surface area contributed by atoms with E-state index in [0.29, 0.717) is 30.0 Å². The summed E-state index contributed by atoms with van der Waals surface area (Å²) in [6, 6.07) is 4.80. The number of fused-ring (bicyclic) bond motifs is 1. The molecule has 0 amide bonds. The highest BCUT2D eigenvalue weighted by Gasteiger charge is 2.21. The maximum absolute atomic E-state index is 12.1. The quantitative estimate of drug-likeness (QED) is 0.577. The van der Waals surface area contributed by atoms with Crippen LogP contribution in [0.1, 0.15) is 6.42 Å². The van der Waals surface area contributed by atoms with E-state index >= 15 is 0 Å². The van der Waals surface area contributed by atoms with Crippen LogP contribution in [-0.2, 0) is 19.3 Å². The molecule has 21 heavy (non-hydrogen) atoms. The fourth-order valence-electron chi connectivity index (χ4n) is 1.72. The van der Waals surface area contributed by atoms with Crippen LogP contribution in [0.3, 0.4) is 0 Å². The minimum absolute atomic E-state index is 0.0902. The van der Waals surface area contributed by atoms with Crippen LogP contribution in [0.5, 0.6) is 0 Å². The Morgan fingerprint density at radius 3 is 2.86 bits per heavy atom. The van der Waals surface area contributed by atoms with Crippen molar-refractivity contribution < 1.29 is 22.3 Å². The van der Waals surface area contributed by atoms with E-state index in [-0.39, 0.29) is 17.6 Å². The second-order valence-electron chi connectivity index (χ2n) is 4.48. The number of anilines is 1. The third-order valence-electron chi connectivity index (χ3n) is 2.79. The van der Waals surface area contributed by atoms with Gasteiger partial charge in [0.15, 0.2) is 5.58 Å². The van der Waals surface area contributed by atoms with Gasteiger partial charge < -0.3 is 19.6 Å². The molecule has 0 radical (unpaired) electrons. The van der Waals surface area contributed by atoms with E-state index in [4.69, 9.17) is 19.6 Å². The number of hydrogen-bond donors (Lipinski definition) is 1. The predicted octanol–water partition coefficient (Wildman–Crippen LogP) is 1.24. The molecule has 116 valence electrons. The average molecular weight is 314 g/mol. The molecular formula is C13H18N2O5S. The molecule has 7 nitrogen and oxygen atoms in total. The summed E-state index contributed by atoms with van der Waals surface area (Å²) in [4.78, 5) is 3.97. The highest BCUT2D eigenvalue weighted by Crippen LogP contribution is 2.21. The smallest absolute Gasteiger partial charge is 0.316 e. The van der Waals surface area contributed by atoms with Gasteiger partial charge in [0, 0.05) is 32.1 Å². The maximum atomic E-state index is 12.1. The Kier molecular flexibility index (Phi) is 5.16. The number of aromatic nitrogens is 1. The van der Waals surface area contributed by atoms with E-state index in [1.165, 1.54) is 0 Å². The maximum Gasteiger partial charge on any atom is 0.316 e. The summed E-state index contributed by atoms with van der Waals surface area (Å²) >= 11 is 0. The van der Waals surface area contributed by atoms with Gasteiger partial charge in [-0.05, 0) is 18.6 Å². The number of benzene rings is 1. The Morgan fingerprint density at radius 2 is 2.10 bits per heavy atom. The van der Waals surface area contributed by atoms with Crippen LogP contribution in [0.25, 0.3) is 11.1 Å². The van der Waals surface area contributed by atoms with Crippen molar-refractivity contribution >= 4 is 26.6 Å². The van der Waals surface area contributed by atoms with Gasteiger partial charge in [0.05, 0.1) is 12.4 Å². The molecule has 0 spiro atoms. The highest BCUT2D eigenvalue weighted by atomic mass is 32.2. The van der Waals surface area contributed by atoms with E-state index in [1.54, 1.807) is 25.3 Å². The summed E-state index contributed by atoms with van der Waals surface area (Å²) in [5.74, 6) is -0.178. The van der Waals surface area contributed by atoms with Crippen molar-refractivity contribution in [2.45, 2.75) is 11.6 Å². The van der Waals surface area contributed by atoms with Crippen molar-refractivity contribution in [3.8, 4) is 0 Å². The molecule has 1 aromatic heterocycles. The number of methoxy groups -OCH3 is 1. The second-order valence-corrected chi connectivity index (χ2v) is 6.47. The van der Waals surface area contributed by atoms with Gasteiger partial charge in [0.25, 0.3) is 0 Å². The molecule has 8 heteroatoms. The number of nitrogen functional groups attached to an aromatic ring is 1. The third kappa shape index (κ3) is 4.16. The molecule has 2 rings (SSSR count). The van der Waals surface area contributed by atoms with Crippen LogP contribution < -0.4 is 5.73 Å². The molecule has 1 aromatic carbocycles. The molecule has 0 saturated heterocycles. The highest BCUT2D eigenvalue weighted by molar-refractivity contribution is 7.91. The Morgan fingerprint density at radius 1 is 1.29 bits per heavy atom. The van der Waals surface area contributed by atoms with Gasteiger partial charge in [-0.15, -0.1) is 0 Å². The van der Waals surface area contributed by atoms with Crippen LogP contribution >= 0.6 is 0 Å². The fourth-order valence-corrected chi connectivity index (χ4v) is 2.68. The van der Waals surface area contributed by atoms with E-state index in [1.807, 2.05) is 0 Å². The van der Waals surface area contributed by atoms with Crippen LogP contribution in [-0.4, -0.2) is 46.1 Å². The monoisotopic (exact) mass is 314 g/mol. The van der Waals surface area contributed by atoms with E-state index in [2.05, 4.69) is 4.98 Å². The van der Waals surface area contributed by atoms with Gasteiger partial charge in [0.1, 0.15) is 5.52 Å². The predicted molar refractivity (Wildman–Crippen MR) is 77.8 cm³/mol. The fraction of sp³-hybridized carbons (Fsp3) is 0.462. The summed E-state index contributed by atoms with van der Waals surface area (Å²) in [6.07, 6.45) is 0.721. The Bertz CT molecular complexity index is 696. The number of hydrogen-bond acceptors (Lipinski definition) is 7. The van der Waals surface area contributed by atoms with Crippen molar-refractivity contribution in [3.05, 3.63) is 18.2 Å². The lowest BCUT2D eigenvalue weighted by molar-refractivity contribution is 0.112. The summed E-state index contributed by atoms with van der Waals surface area (Å²) in [5, 5.41) is -0.302. The number of nitrogens with two attached hydrogens (primary N) is 1. The molecule has 0 fully saturated rings. The summed E-state index contributed by atoms with van der Waals surface area (Å²) in [7, 11) is -2.00. The first-order chi connectivity index (χ1) is 10.0. The van der Waals surface area contributed by atoms with E-state index in [0.717, 1.165) is 6.42 Å². The molecule has 1 heterocycles. The Labute approximate surface area is 123 Å². The zero-order chi connectivity index (χ0) is 15.3.